The molecule has 2 amide bonds. The van der Waals surface area contributed by atoms with E-state index in [0.717, 1.165) is 5.56 Å². The molecule has 0 atom stereocenters. The number of nitrogens with zero attached hydrogens (tertiary/aromatic N) is 1. The lowest BCUT2D eigenvalue weighted by molar-refractivity contribution is -0.121. The fraction of sp³-hybridized carbons (Fsp3) is 0.136. The predicted molar refractivity (Wildman–Crippen MR) is 129 cm³/mol. The first-order chi connectivity index (χ1) is 14.9. The van der Waals surface area contributed by atoms with E-state index in [1.54, 1.807) is 54.6 Å². The number of hydrogen-bond acceptors (Lipinski definition) is 6. The van der Waals surface area contributed by atoms with Crippen molar-refractivity contribution in [3.63, 3.8) is 0 Å². The van der Waals surface area contributed by atoms with Crippen LogP contribution in [0.1, 0.15) is 5.56 Å². The number of ether oxygens (including phenoxy) is 2. The maximum atomic E-state index is 12.5. The summed E-state index contributed by atoms with van der Waals surface area (Å²) < 4.78 is 11.5. The van der Waals surface area contributed by atoms with Crippen LogP contribution in [0.5, 0.6) is 11.5 Å². The predicted octanol–water partition coefficient (Wildman–Crippen LogP) is 4.75. The lowest BCUT2D eigenvalue weighted by atomic mass is 10.2. The number of hydrogen-bond donors (Lipinski definition) is 1. The second-order valence-corrected chi connectivity index (χ2v) is 8.45. The molecule has 0 unspecified atom stereocenters. The molecule has 6 nitrogen and oxygen atoms in total. The highest BCUT2D eigenvalue weighted by molar-refractivity contribution is 8.26. The van der Waals surface area contributed by atoms with Crippen LogP contribution in [0.15, 0.2) is 60.0 Å². The van der Waals surface area contributed by atoms with Gasteiger partial charge in [-0.2, -0.15) is 0 Å². The van der Waals surface area contributed by atoms with Crippen LogP contribution in [-0.2, 0) is 9.59 Å². The van der Waals surface area contributed by atoms with Crippen LogP contribution in [0.3, 0.4) is 0 Å². The van der Waals surface area contributed by atoms with Crippen LogP contribution in [0.2, 0.25) is 5.02 Å². The van der Waals surface area contributed by atoms with Crippen molar-refractivity contribution in [2.24, 2.45) is 0 Å². The Hall–Kier alpha value is -2.81. The molecule has 160 valence electrons. The zero-order valence-electron chi connectivity index (χ0n) is 16.6. The van der Waals surface area contributed by atoms with Gasteiger partial charge in [0.15, 0.2) is 18.1 Å². The molecule has 1 aliphatic rings. The summed E-state index contributed by atoms with van der Waals surface area (Å²) in [6.07, 6.45) is 3.37. The summed E-state index contributed by atoms with van der Waals surface area (Å²) in [7, 11) is 1.50. The van der Waals surface area contributed by atoms with Crippen molar-refractivity contribution < 1.29 is 19.1 Å². The standard InChI is InChI=1S/C22H19ClN2O4S2/c1-3-9-25-21(27)19(31-22(25)30)11-14-7-8-17(18(10-14)28-2)29-13-20(26)24-16-6-4-5-15(23)12-16/h3-8,10-12H,1,9,13H2,2H3,(H,24,26)/b19-11-. The lowest BCUT2D eigenvalue weighted by Crippen LogP contribution is -2.27. The molecule has 1 aliphatic heterocycles. The molecule has 0 aromatic heterocycles. The van der Waals surface area contributed by atoms with E-state index in [1.165, 1.54) is 23.8 Å². The van der Waals surface area contributed by atoms with Gasteiger partial charge in [0.05, 0.1) is 12.0 Å². The Labute approximate surface area is 194 Å². The first-order valence-corrected chi connectivity index (χ1v) is 10.7. The Balaban J connectivity index is 1.67. The monoisotopic (exact) mass is 474 g/mol. The summed E-state index contributed by atoms with van der Waals surface area (Å²) in [5.74, 6) is 0.345. The van der Waals surface area contributed by atoms with Gasteiger partial charge in [-0.25, -0.2) is 0 Å². The largest absolute Gasteiger partial charge is 0.493 e. The third-order valence-corrected chi connectivity index (χ3v) is 5.75. The number of carbonyl (C=O) groups excluding carboxylic acids is 2. The topological polar surface area (TPSA) is 67.9 Å². The molecule has 0 radical (unpaired) electrons. The van der Waals surface area contributed by atoms with Gasteiger partial charge in [-0.3, -0.25) is 14.5 Å². The summed E-state index contributed by atoms with van der Waals surface area (Å²) in [6, 6.07) is 12.0. The van der Waals surface area contributed by atoms with Crippen molar-refractivity contribution >= 4 is 63.5 Å². The van der Waals surface area contributed by atoms with E-state index in [2.05, 4.69) is 11.9 Å². The Morgan fingerprint density at radius 1 is 1.29 bits per heavy atom. The molecular formula is C22H19ClN2O4S2. The van der Waals surface area contributed by atoms with Gasteiger partial charge in [-0.15, -0.1) is 6.58 Å². The minimum Gasteiger partial charge on any atom is -0.493 e. The molecule has 31 heavy (non-hydrogen) atoms. The highest BCUT2D eigenvalue weighted by atomic mass is 35.5. The maximum Gasteiger partial charge on any atom is 0.266 e. The van der Waals surface area contributed by atoms with E-state index in [0.29, 0.717) is 38.0 Å². The summed E-state index contributed by atoms with van der Waals surface area (Å²) >= 11 is 12.4. The molecule has 1 heterocycles. The van der Waals surface area contributed by atoms with Gasteiger partial charge in [-0.05, 0) is 42.0 Å². The molecule has 1 N–H and O–H groups in total. The number of amides is 2. The van der Waals surface area contributed by atoms with Crippen LogP contribution in [0, 0.1) is 0 Å². The Morgan fingerprint density at radius 3 is 2.81 bits per heavy atom. The Bertz CT molecular complexity index is 1070. The summed E-state index contributed by atoms with van der Waals surface area (Å²) in [6.45, 7) is 3.81. The highest BCUT2D eigenvalue weighted by Crippen LogP contribution is 2.34. The first-order valence-electron chi connectivity index (χ1n) is 9.14. The van der Waals surface area contributed by atoms with Crippen LogP contribution >= 0.6 is 35.6 Å². The van der Waals surface area contributed by atoms with Gasteiger partial charge in [0.25, 0.3) is 11.8 Å². The van der Waals surface area contributed by atoms with E-state index in [9.17, 15) is 9.59 Å². The van der Waals surface area contributed by atoms with Crippen molar-refractivity contribution in [2.45, 2.75) is 0 Å². The van der Waals surface area contributed by atoms with Crippen LogP contribution in [0.4, 0.5) is 5.69 Å². The van der Waals surface area contributed by atoms with Crippen LogP contribution < -0.4 is 14.8 Å². The molecule has 2 aromatic carbocycles. The fourth-order valence-corrected chi connectivity index (χ4v) is 4.20. The average Bonchev–Trinajstić information content (AvgIpc) is 3.00. The number of benzene rings is 2. The summed E-state index contributed by atoms with van der Waals surface area (Å²) in [5.41, 5.74) is 1.32. The minimum atomic E-state index is -0.334. The second kappa shape index (κ2) is 10.5. The molecular weight excluding hydrogens is 456 g/mol. The molecule has 0 aliphatic carbocycles. The number of carbonyl (C=O) groups is 2. The molecule has 1 fully saturated rings. The van der Waals surface area contributed by atoms with E-state index in [4.69, 9.17) is 33.3 Å². The zero-order chi connectivity index (χ0) is 22.4. The number of thioether (sulfide) groups is 1. The van der Waals surface area contributed by atoms with Gasteiger partial charge in [-0.1, -0.05) is 53.8 Å². The van der Waals surface area contributed by atoms with Crippen LogP contribution in [-0.4, -0.2) is 41.3 Å². The molecule has 2 aromatic rings. The van der Waals surface area contributed by atoms with Crippen LogP contribution in [0.25, 0.3) is 6.08 Å². The van der Waals surface area contributed by atoms with E-state index < -0.39 is 0 Å². The van der Waals surface area contributed by atoms with E-state index in [1.807, 2.05) is 0 Å². The van der Waals surface area contributed by atoms with Crippen molar-refractivity contribution in [2.75, 3.05) is 25.6 Å². The molecule has 0 spiro atoms. The first kappa shape index (κ1) is 22.9. The minimum absolute atomic E-state index is 0.160. The molecule has 1 saturated heterocycles. The SMILES string of the molecule is C=CCN1C(=O)/C(=C/c2ccc(OCC(=O)Nc3cccc(Cl)c3)c(OC)c2)SC1=S. The smallest absolute Gasteiger partial charge is 0.266 e. The number of nitrogens with one attached hydrogen (secondary N) is 1. The van der Waals surface area contributed by atoms with Gasteiger partial charge in [0.2, 0.25) is 0 Å². The average molecular weight is 475 g/mol. The van der Waals surface area contributed by atoms with Gasteiger partial charge >= 0.3 is 0 Å². The van der Waals surface area contributed by atoms with Gasteiger partial charge in [0.1, 0.15) is 4.32 Å². The van der Waals surface area contributed by atoms with Crippen molar-refractivity contribution in [1.29, 1.82) is 0 Å². The number of rotatable bonds is 8. The Kier molecular flexibility index (Phi) is 7.73. The van der Waals surface area contributed by atoms with E-state index in [-0.39, 0.29) is 18.4 Å². The maximum absolute atomic E-state index is 12.5. The third kappa shape index (κ3) is 5.88. The molecule has 0 bridgehead atoms. The quantitative estimate of drug-likeness (QED) is 0.338. The number of halogens is 1. The van der Waals surface area contributed by atoms with Gasteiger partial charge < -0.3 is 14.8 Å². The molecule has 9 heteroatoms. The third-order valence-electron chi connectivity index (χ3n) is 4.14. The van der Waals surface area contributed by atoms with Crippen molar-refractivity contribution in [3.8, 4) is 11.5 Å². The highest BCUT2D eigenvalue weighted by Gasteiger charge is 2.31. The van der Waals surface area contributed by atoms with Crippen molar-refractivity contribution in [3.05, 3.63) is 70.6 Å². The summed E-state index contributed by atoms with van der Waals surface area (Å²) in [5, 5.41) is 3.24. The van der Waals surface area contributed by atoms with E-state index >= 15 is 0 Å². The summed E-state index contributed by atoms with van der Waals surface area (Å²) in [4.78, 5) is 26.6. The number of thiocarbonyl (C=S) groups is 1. The van der Waals surface area contributed by atoms with Crippen molar-refractivity contribution in [1.82, 2.24) is 4.90 Å². The normalized spacial score (nSPS) is 14.6. The lowest BCUT2D eigenvalue weighted by Gasteiger charge is -2.12. The number of anilines is 1. The number of methoxy groups -OCH3 is 1. The molecule has 3 rings (SSSR count). The van der Waals surface area contributed by atoms with Gasteiger partial charge in [0, 0.05) is 17.3 Å². The second-order valence-electron chi connectivity index (χ2n) is 6.34. The molecule has 0 saturated carbocycles. The zero-order valence-corrected chi connectivity index (χ0v) is 19.0. The Morgan fingerprint density at radius 2 is 2.10 bits per heavy atom. The fourth-order valence-electron chi connectivity index (χ4n) is 2.74.